The highest BCUT2D eigenvalue weighted by atomic mass is 32.2. The van der Waals surface area contributed by atoms with Crippen LogP contribution in [0.15, 0.2) is 54.6 Å². The van der Waals surface area contributed by atoms with Gasteiger partial charge in [-0.05, 0) is 29.2 Å². The van der Waals surface area contributed by atoms with E-state index in [1.54, 1.807) is 0 Å². The van der Waals surface area contributed by atoms with E-state index in [0.717, 1.165) is 23.6 Å². The zero-order valence-electron chi connectivity index (χ0n) is 14.9. The Morgan fingerprint density at radius 2 is 1.88 bits per heavy atom. The van der Waals surface area contributed by atoms with Gasteiger partial charge in [0.2, 0.25) is 5.91 Å². The van der Waals surface area contributed by atoms with Crippen molar-refractivity contribution in [2.75, 3.05) is 12.3 Å². The average Bonchev–Trinajstić information content (AvgIpc) is 3.11. The molecule has 0 bridgehead atoms. The number of carbonyl (C=O) groups is 1. The lowest BCUT2D eigenvalue weighted by molar-refractivity contribution is -0.132. The van der Waals surface area contributed by atoms with Crippen LogP contribution < -0.4 is 4.74 Å². The molecule has 1 fully saturated rings. The summed E-state index contributed by atoms with van der Waals surface area (Å²) < 4.78 is 5.85. The molecule has 2 aromatic carbocycles. The Morgan fingerprint density at radius 1 is 1.16 bits per heavy atom. The van der Waals surface area contributed by atoms with Gasteiger partial charge in [0, 0.05) is 18.7 Å². The minimum absolute atomic E-state index is 0.134. The van der Waals surface area contributed by atoms with Gasteiger partial charge >= 0.3 is 0 Å². The van der Waals surface area contributed by atoms with Crippen molar-refractivity contribution >= 4 is 17.7 Å². The molecule has 3 nitrogen and oxygen atoms in total. The lowest BCUT2D eigenvalue weighted by Gasteiger charge is -2.25. The van der Waals surface area contributed by atoms with Gasteiger partial charge in [-0.25, -0.2) is 0 Å². The van der Waals surface area contributed by atoms with Crippen molar-refractivity contribution < 1.29 is 9.53 Å². The second-order valence-electron chi connectivity index (χ2n) is 6.75. The molecule has 1 amide bonds. The Balaban J connectivity index is 1.62. The number of benzene rings is 2. The van der Waals surface area contributed by atoms with Gasteiger partial charge in [-0.15, -0.1) is 11.8 Å². The van der Waals surface area contributed by atoms with Crippen LogP contribution in [0.25, 0.3) is 0 Å². The second kappa shape index (κ2) is 8.43. The summed E-state index contributed by atoms with van der Waals surface area (Å²) in [5.41, 5.74) is 2.33. The van der Waals surface area contributed by atoms with Gasteiger partial charge in [0.15, 0.2) is 0 Å². The van der Waals surface area contributed by atoms with Crippen molar-refractivity contribution in [3.8, 4) is 5.75 Å². The van der Waals surface area contributed by atoms with Crippen molar-refractivity contribution in [3.63, 3.8) is 0 Å². The quantitative estimate of drug-likeness (QED) is 0.739. The van der Waals surface area contributed by atoms with E-state index in [1.165, 1.54) is 5.56 Å². The monoisotopic (exact) mass is 355 g/mol. The molecule has 1 saturated heterocycles. The van der Waals surface area contributed by atoms with E-state index >= 15 is 0 Å². The van der Waals surface area contributed by atoms with Crippen LogP contribution in [0, 0.1) is 5.92 Å². The van der Waals surface area contributed by atoms with Crippen molar-refractivity contribution in [2.45, 2.75) is 32.2 Å². The van der Waals surface area contributed by atoms with Gasteiger partial charge < -0.3 is 9.64 Å². The number of ether oxygens (including phenoxy) is 1. The summed E-state index contributed by atoms with van der Waals surface area (Å²) in [4.78, 5) is 14.5. The molecular formula is C21H25NO2S. The summed E-state index contributed by atoms with van der Waals surface area (Å²) >= 11 is 1.84. The van der Waals surface area contributed by atoms with Gasteiger partial charge in [0.05, 0.1) is 0 Å². The lowest BCUT2D eigenvalue weighted by atomic mass is 10.1. The smallest absolute Gasteiger partial charge is 0.224 e. The Morgan fingerprint density at radius 3 is 2.56 bits per heavy atom. The molecular weight excluding hydrogens is 330 g/mol. The molecule has 1 aliphatic heterocycles. The molecule has 132 valence electrons. The number of nitrogens with zero attached hydrogens (tertiary/aromatic N) is 1. The fraction of sp³-hybridized carbons (Fsp3) is 0.381. The first-order chi connectivity index (χ1) is 12.1. The van der Waals surface area contributed by atoms with Crippen LogP contribution in [0.2, 0.25) is 0 Å². The molecule has 1 atom stereocenters. The van der Waals surface area contributed by atoms with E-state index < -0.39 is 0 Å². The molecule has 25 heavy (non-hydrogen) atoms. The minimum atomic E-state index is 0.134. The topological polar surface area (TPSA) is 29.5 Å². The highest BCUT2D eigenvalue weighted by molar-refractivity contribution is 7.99. The van der Waals surface area contributed by atoms with Gasteiger partial charge in [0.25, 0.3) is 0 Å². The standard InChI is InChI=1S/C21H25NO2S/c1-16(2)14-20(23)22-12-13-25-21(22)18-8-10-19(11-9-18)24-15-17-6-4-3-5-7-17/h3-11,16,21H,12-15H2,1-2H3. The summed E-state index contributed by atoms with van der Waals surface area (Å²) in [5.74, 6) is 2.51. The van der Waals surface area contributed by atoms with Crippen LogP contribution in [0.5, 0.6) is 5.75 Å². The maximum atomic E-state index is 12.5. The molecule has 0 N–H and O–H groups in total. The summed E-state index contributed by atoms with van der Waals surface area (Å²) in [6, 6.07) is 18.3. The van der Waals surface area contributed by atoms with Crippen LogP contribution in [0.1, 0.15) is 36.8 Å². The van der Waals surface area contributed by atoms with Gasteiger partial charge in [-0.1, -0.05) is 56.3 Å². The molecule has 0 spiro atoms. The fourth-order valence-electron chi connectivity index (χ4n) is 2.94. The fourth-order valence-corrected chi connectivity index (χ4v) is 4.22. The highest BCUT2D eigenvalue weighted by Gasteiger charge is 2.30. The van der Waals surface area contributed by atoms with E-state index in [-0.39, 0.29) is 11.3 Å². The van der Waals surface area contributed by atoms with E-state index in [1.807, 2.05) is 47.0 Å². The van der Waals surface area contributed by atoms with Crippen LogP contribution in [-0.2, 0) is 11.4 Å². The predicted molar refractivity (Wildman–Crippen MR) is 104 cm³/mol. The number of amides is 1. The number of carbonyl (C=O) groups excluding carboxylic acids is 1. The van der Waals surface area contributed by atoms with Crippen molar-refractivity contribution in [1.82, 2.24) is 4.90 Å². The largest absolute Gasteiger partial charge is 0.489 e. The Bertz CT molecular complexity index is 685. The SMILES string of the molecule is CC(C)CC(=O)N1CCSC1c1ccc(OCc2ccccc2)cc1. The first-order valence-electron chi connectivity index (χ1n) is 8.81. The van der Waals surface area contributed by atoms with Gasteiger partial charge in [-0.2, -0.15) is 0 Å². The zero-order valence-corrected chi connectivity index (χ0v) is 15.7. The third-order valence-corrected chi connectivity index (χ3v) is 5.47. The third-order valence-electron chi connectivity index (χ3n) is 4.21. The first-order valence-corrected chi connectivity index (χ1v) is 9.86. The van der Waals surface area contributed by atoms with Crippen LogP contribution in [-0.4, -0.2) is 23.1 Å². The minimum Gasteiger partial charge on any atom is -0.489 e. The van der Waals surface area contributed by atoms with Gasteiger partial charge in [0.1, 0.15) is 17.7 Å². The Hall–Kier alpha value is -1.94. The van der Waals surface area contributed by atoms with Crippen molar-refractivity contribution in [1.29, 1.82) is 0 Å². The van der Waals surface area contributed by atoms with Crippen molar-refractivity contribution in [3.05, 3.63) is 65.7 Å². The van der Waals surface area contributed by atoms with Crippen molar-refractivity contribution in [2.24, 2.45) is 5.92 Å². The van der Waals surface area contributed by atoms with Crippen LogP contribution in [0.4, 0.5) is 0 Å². The molecule has 3 rings (SSSR count). The summed E-state index contributed by atoms with van der Waals surface area (Å²) in [6.45, 7) is 5.59. The Kier molecular flexibility index (Phi) is 6.03. The summed E-state index contributed by atoms with van der Waals surface area (Å²) in [6.07, 6.45) is 0.620. The maximum absolute atomic E-state index is 12.5. The first kappa shape index (κ1) is 17.9. The molecule has 0 aliphatic carbocycles. The molecule has 1 aliphatic rings. The average molecular weight is 356 g/mol. The van der Waals surface area contributed by atoms with E-state index in [9.17, 15) is 4.79 Å². The number of rotatable bonds is 6. The number of hydrogen-bond donors (Lipinski definition) is 0. The second-order valence-corrected chi connectivity index (χ2v) is 7.94. The van der Waals surface area contributed by atoms with Gasteiger partial charge in [-0.3, -0.25) is 4.79 Å². The number of thioether (sulfide) groups is 1. The van der Waals surface area contributed by atoms with E-state index in [4.69, 9.17) is 4.74 Å². The highest BCUT2D eigenvalue weighted by Crippen LogP contribution is 2.39. The lowest BCUT2D eigenvalue weighted by Crippen LogP contribution is -2.31. The molecule has 2 aromatic rings. The molecule has 0 radical (unpaired) electrons. The molecule has 4 heteroatoms. The molecule has 0 saturated carbocycles. The zero-order chi connectivity index (χ0) is 17.6. The normalized spacial score (nSPS) is 17.1. The maximum Gasteiger partial charge on any atom is 0.224 e. The molecule has 1 unspecified atom stereocenters. The molecule has 1 heterocycles. The van der Waals surface area contributed by atoms with E-state index in [2.05, 4.69) is 38.1 Å². The number of hydrogen-bond acceptors (Lipinski definition) is 3. The van der Waals surface area contributed by atoms with E-state index in [0.29, 0.717) is 18.9 Å². The summed E-state index contributed by atoms with van der Waals surface area (Å²) in [7, 11) is 0. The summed E-state index contributed by atoms with van der Waals surface area (Å²) in [5, 5.41) is 0.134. The third kappa shape index (κ3) is 4.79. The Labute approximate surface area is 154 Å². The predicted octanol–water partition coefficient (Wildman–Crippen LogP) is 4.89. The van der Waals surface area contributed by atoms with Crippen LogP contribution >= 0.6 is 11.8 Å². The molecule has 0 aromatic heterocycles. The van der Waals surface area contributed by atoms with Crippen LogP contribution in [0.3, 0.4) is 0 Å².